The molecule has 0 amide bonds. The van der Waals surface area contributed by atoms with E-state index >= 15 is 4.39 Å². The molecule has 0 bridgehead atoms. The van der Waals surface area contributed by atoms with Gasteiger partial charge in [-0.25, -0.2) is 8.78 Å². The Kier molecular flexibility index (Phi) is 6.64. The van der Waals surface area contributed by atoms with Crippen LogP contribution in [0.1, 0.15) is 44.6 Å². The largest absolute Gasteiger partial charge is 0.461 e. The number of fused-ring (bicyclic) bond motifs is 5. The highest BCUT2D eigenvalue weighted by Crippen LogP contribution is 2.57. The lowest BCUT2D eigenvalue weighted by molar-refractivity contribution is -0.0123. The van der Waals surface area contributed by atoms with E-state index in [4.69, 9.17) is 36.1 Å². The fourth-order valence-electron chi connectivity index (χ4n) is 8.48. The molecule has 1 aromatic carbocycles. The molecule has 12 nitrogen and oxygen atoms in total. The van der Waals surface area contributed by atoms with Gasteiger partial charge in [0.05, 0.1) is 53.4 Å². The van der Waals surface area contributed by atoms with Gasteiger partial charge in [0.2, 0.25) is 0 Å². The number of ether oxygens (including phenoxy) is 2. The monoisotopic (exact) mass is 681 g/mol. The van der Waals surface area contributed by atoms with Crippen LogP contribution in [0, 0.1) is 0 Å². The number of hydrogen-bond acceptors (Lipinski definition) is 9. The van der Waals surface area contributed by atoms with Gasteiger partial charge in [-0.3, -0.25) is 14.7 Å². The topological polar surface area (TPSA) is 122 Å². The van der Waals surface area contributed by atoms with Crippen LogP contribution >= 0.6 is 11.6 Å². The highest BCUT2D eigenvalue weighted by atomic mass is 35.5. The number of alkyl halides is 2. The number of aromatic nitrogens is 7. The molecule has 0 unspecified atom stereocenters. The fraction of sp³-hybridized carbons (Fsp3) is 0.576. The summed E-state index contributed by atoms with van der Waals surface area (Å²) in [6.07, 6.45) is 3.85. The summed E-state index contributed by atoms with van der Waals surface area (Å²) in [5.41, 5.74) is 1.26. The van der Waals surface area contributed by atoms with Gasteiger partial charge in [-0.1, -0.05) is 11.6 Å². The van der Waals surface area contributed by atoms with Gasteiger partial charge in [0.1, 0.15) is 35.6 Å². The summed E-state index contributed by atoms with van der Waals surface area (Å²) >= 11 is 6.80. The zero-order valence-corrected chi connectivity index (χ0v) is 27.9. The molecule has 2 N–H and O–H groups in total. The number of rotatable bonds is 6. The Morgan fingerprint density at radius 2 is 2.02 bits per heavy atom. The van der Waals surface area contributed by atoms with Gasteiger partial charge in [0, 0.05) is 55.1 Å². The molecule has 9 rings (SSSR count). The number of halogens is 3. The second-order valence-electron chi connectivity index (χ2n) is 14.5. The van der Waals surface area contributed by atoms with E-state index in [0.29, 0.717) is 77.8 Å². The maximum atomic E-state index is 16.1. The number of β-amino-alcohol motifs (C(OH)–C–C–N with tert-alkyl or cyclic N) is 1. The van der Waals surface area contributed by atoms with Gasteiger partial charge in [0.15, 0.2) is 5.65 Å². The number of H-pyrrole nitrogens is 1. The molecule has 0 spiro atoms. The molecule has 3 saturated heterocycles. The number of aromatic amines is 1. The number of nitrogens with zero attached hydrogens (tertiary/aromatic N) is 8. The zero-order chi connectivity index (χ0) is 33.2. The molecule has 1 saturated carbocycles. The summed E-state index contributed by atoms with van der Waals surface area (Å²) in [5.74, 6) is 0.570. The summed E-state index contributed by atoms with van der Waals surface area (Å²) in [6, 6.07) is 1.90. The molecule has 3 atom stereocenters. The van der Waals surface area contributed by atoms with Gasteiger partial charge >= 0.3 is 6.01 Å². The van der Waals surface area contributed by atoms with Crippen molar-refractivity contribution >= 4 is 50.4 Å². The number of hydrogen-bond donors (Lipinski definition) is 2. The average molecular weight is 682 g/mol. The SMILES string of the molecule is Cn1nc(-c2c(C3(F)CC3)c(Cl)cc3[nH]ncc23)c2c1c1c(N3CCOC[C@@](C)(O)C3)nc(OC[C@@]34CCCN3C[C@H](F)C4)nc1n2C. The minimum Gasteiger partial charge on any atom is -0.461 e. The van der Waals surface area contributed by atoms with Crippen LogP contribution in [0.2, 0.25) is 5.02 Å². The maximum absolute atomic E-state index is 16.1. The van der Waals surface area contributed by atoms with E-state index in [-0.39, 0.29) is 31.3 Å². The zero-order valence-electron chi connectivity index (χ0n) is 27.2. The van der Waals surface area contributed by atoms with E-state index in [9.17, 15) is 9.50 Å². The maximum Gasteiger partial charge on any atom is 0.320 e. The highest BCUT2D eigenvalue weighted by molar-refractivity contribution is 6.33. The highest BCUT2D eigenvalue weighted by Gasteiger charge is 2.50. The summed E-state index contributed by atoms with van der Waals surface area (Å²) < 4.78 is 46.6. The Labute approximate surface area is 279 Å². The van der Waals surface area contributed by atoms with Gasteiger partial charge < -0.3 is 24.0 Å². The third-order valence-corrected chi connectivity index (χ3v) is 11.1. The van der Waals surface area contributed by atoms with E-state index in [0.717, 1.165) is 41.2 Å². The predicted molar refractivity (Wildman–Crippen MR) is 177 cm³/mol. The van der Waals surface area contributed by atoms with Gasteiger partial charge in [-0.05, 0) is 45.2 Å². The van der Waals surface area contributed by atoms with Crippen molar-refractivity contribution in [3.8, 4) is 17.3 Å². The van der Waals surface area contributed by atoms with Crippen molar-refractivity contribution in [1.29, 1.82) is 0 Å². The number of nitrogens with one attached hydrogen (secondary N) is 1. The van der Waals surface area contributed by atoms with Crippen LogP contribution in [0.3, 0.4) is 0 Å². The van der Waals surface area contributed by atoms with Crippen molar-refractivity contribution in [3.63, 3.8) is 0 Å². The predicted octanol–water partition coefficient (Wildman–Crippen LogP) is 4.55. The standard InChI is InChI=1S/C33H38ClF2N9O3/c1-31(46)15-44(9-10-47-16-31)29-23-26-27(42(2)28(23)38-30(39-29)48-17-32-5-4-8-45(32)14-18(35)12-32)25(41-43(26)3)22-19-13-37-40-21(19)11-20(34)24(22)33(36)6-7-33/h11,13,18,46H,4-10,12,14-17H2,1-3H3,(H,37,40)/t18-,31+,32+/m1/s1. The van der Waals surface area contributed by atoms with Crippen LogP contribution in [-0.4, -0.2) is 108 Å². The number of benzene rings is 1. The van der Waals surface area contributed by atoms with Crippen LogP contribution in [-0.2, 0) is 24.5 Å². The molecular formula is C33H38ClF2N9O3. The van der Waals surface area contributed by atoms with E-state index in [1.807, 2.05) is 23.6 Å². The van der Waals surface area contributed by atoms with Crippen molar-refractivity contribution < 1.29 is 23.4 Å². The molecule has 0 radical (unpaired) electrons. The molecule has 4 aliphatic rings. The van der Waals surface area contributed by atoms with E-state index in [1.54, 1.807) is 23.9 Å². The summed E-state index contributed by atoms with van der Waals surface area (Å²) in [7, 11) is 3.75. The van der Waals surface area contributed by atoms with E-state index < -0.39 is 17.4 Å². The molecule has 4 fully saturated rings. The Hall–Kier alpha value is -3.59. The van der Waals surface area contributed by atoms with Crippen LogP contribution in [0.25, 0.3) is 44.2 Å². The first-order valence-electron chi connectivity index (χ1n) is 16.6. The molecule has 48 heavy (non-hydrogen) atoms. The second-order valence-corrected chi connectivity index (χ2v) is 14.9. The summed E-state index contributed by atoms with van der Waals surface area (Å²) in [6.45, 7) is 4.61. The normalized spacial score (nSPS) is 27.4. The number of aliphatic hydroxyl groups is 1. The van der Waals surface area contributed by atoms with Crippen molar-refractivity contribution in [1.82, 2.24) is 39.4 Å². The lowest BCUT2D eigenvalue weighted by Gasteiger charge is -2.31. The van der Waals surface area contributed by atoms with Crippen molar-refractivity contribution in [2.45, 2.75) is 62.0 Å². The third-order valence-electron chi connectivity index (χ3n) is 10.8. The smallest absolute Gasteiger partial charge is 0.320 e. The molecule has 4 aromatic heterocycles. The first-order valence-corrected chi connectivity index (χ1v) is 17.0. The van der Waals surface area contributed by atoms with Crippen LogP contribution in [0.5, 0.6) is 6.01 Å². The van der Waals surface area contributed by atoms with Crippen LogP contribution in [0.4, 0.5) is 14.6 Å². The number of anilines is 1. The Bertz CT molecular complexity index is 2110. The summed E-state index contributed by atoms with van der Waals surface area (Å²) in [5, 5.41) is 25.2. The first kappa shape index (κ1) is 30.5. The Morgan fingerprint density at radius 1 is 1.19 bits per heavy atom. The number of aryl methyl sites for hydroxylation is 2. The first-order chi connectivity index (χ1) is 23.0. The molecule has 3 aliphatic heterocycles. The van der Waals surface area contributed by atoms with E-state index in [2.05, 4.69) is 15.1 Å². The minimum absolute atomic E-state index is 0.174. The van der Waals surface area contributed by atoms with Crippen molar-refractivity contribution in [3.05, 3.63) is 22.8 Å². The molecule has 7 heterocycles. The average Bonchev–Trinajstić information content (AvgIpc) is 3.41. The lowest BCUT2D eigenvalue weighted by atomic mass is 9.95. The summed E-state index contributed by atoms with van der Waals surface area (Å²) in [4.78, 5) is 14.2. The van der Waals surface area contributed by atoms with Gasteiger partial charge in [-0.2, -0.15) is 20.2 Å². The molecule has 254 valence electrons. The Balaban J connectivity index is 1.26. The molecule has 15 heteroatoms. The molecule has 1 aliphatic carbocycles. The van der Waals surface area contributed by atoms with Crippen molar-refractivity contribution in [2.75, 3.05) is 50.9 Å². The molecule has 5 aromatic rings. The lowest BCUT2D eigenvalue weighted by Crippen LogP contribution is -2.44. The minimum atomic E-state index is -1.55. The molecular weight excluding hydrogens is 644 g/mol. The quantitative estimate of drug-likeness (QED) is 0.266. The fourth-order valence-corrected chi connectivity index (χ4v) is 8.86. The second kappa shape index (κ2) is 10.5. The van der Waals surface area contributed by atoms with Crippen molar-refractivity contribution in [2.24, 2.45) is 14.1 Å². The van der Waals surface area contributed by atoms with Gasteiger partial charge in [-0.15, -0.1) is 0 Å². The van der Waals surface area contributed by atoms with E-state index in [1.165, 1.54) is 0 Å². The van der Waals surface area contributed by atoms with Crippen LogP contribution < -0.4 is 9.64 Å². The third kappa shape index (κ3) is 4.55. The van der Waals surface area contributed by atoms with Crippen LogP contribution in [0.15, 0.2) is 12.3 Å². The Morgan fingerprint density at radius 3 is 2.83 bits per heavy atom. The van der Waals surface area contributed by atoms with Gasteiger partial charge in [0.25, 0.3) is 0 Å².